The average Bonchev–Trinajstić information content (AvgIpc) is 3.41. The lowest BCUT2D eigenvalue weighted by atomic mass is 10.2. The maximum atomic E-state index is 13.1. The topological polar surface area (TPSA) is 89.4 Å². The van der Waals surface area contributed by atoms with Gasteiger partial charge in [0, 0.05) is 18.8 Å². The minimum atomic E-state index is -0.237. The fourth-order valence-corrected chi connectivity index (χ4v) is 3.41. The number of aromatic nitrogens is 3. The van der Waals surface area contributed by atoms with Crippen molar-refractivity contribution in [3.63, 3.8) is 0 Å². The van der Waals surface area contributed by atoms with Crippen LogP contribution in [-0.4, -0.2) is 52.6 Å². The van der Waals surface area contributed by atoms with E-state index in [4.69, 9.17) is 4.74 Å². The van der Waals surface area contributed by atoms with E-state index in [1.54, 1.807) is 4.68 Å². The van der Waals surface area contributed by atoms with E-state index in [1.165, 1.54) is 4.90 Å². The maximum Gasteiger partial charge on any atom is 0.249 e. The lowest BCUT2D eigenvalue weighted by molar-refractivity contribution is -0.124. The Hall–Kier alpha value is -3.26. The van der Waals surface area contributed by atoms with Crippen molar-refractivity contribution in [3.8, 4) is 0 Å². The van der Waals surface area contributed by atoms with Gasteiger partial charge in [-0.1, -0.05) is 35.5 Å². The second-order valence-electron chi connectivity index (χ2n) is 6.99. The van der Waals surface area contributed by atoms with Gasteiger partial charge in [-0.2, -0.15) is 0 Å². The van der Waals surface area contributed by atoms with Crippen molar-refractivity contribution in [1.82, 2.24) is 20.3 Å². The summed E-state index contributed by atoms with van der Waals surface area (Å²) in [7, 11) is 0. The number of amides is 2. The third kappa shape index (κ3) is 4.60. The lowest BCUT2D eigenvalue weighted by Gasteiger charge is -2.23. The zero-order valence-corrected chi connectivity index (χ0v) is 16.0. The van der Waals surface area contributed by atoms with Gasteiger partial charge in [0.1, 0.15) is 18.6 Å². The molecule has 0 unspecified atom stereocenters. The summed E-state index contributed by atoms with van der Waals surface area (Å²) in [4.78, 5) is 27.1. The molecule has 1 N–H and O–H groups in total. The van der Waals surface area contributed by atoms with E-state index < -0.39 is 0 Å². The molecule has 8 heteroatoms. The first-order valence-electron chi connectivity index (χ1n) is 9.72. The number of ether oxygens (including phenoxy) is 1. The Bertz CT molecular complexity index is 982. The molecule has 0 bridgehead atoms. The number of para-hydroxylation sites is 2. The summed E-state index contributed by atoms with van der Waals surface area (Å²) in [5.74, 6) is -0.458. The van der Waals surface area contributed by atoms with Crippen molar-refractivity contribution in [2.75, 3.05) is 24.6 Å². The van der Waals surface area contributed by atoms with E-state index in [0.29, 0.717) is 12.2 Å². The highest BCUT2D eigenvalue weighted by molar-refractivity contribution is 5.99. The van der Waals surface area contributed by atoms with Crippen molar-refractivity contribution >= 4 is 28.5 Å². The number of hydrogen-bond donors (Lipinski definition) is 1. The second-order valence-corrected chi connectivity index (χ2v) is 6.99. The van der Waals surface area contributed by atoms with Gasteiger partial charge in [0.2, 0.25) is 11.8 Å². The Morgan fingerprint density at radius 2 is 1.93 bits per heavy atom. The standard InChI is InChI=1S/C21H23N5O3/c27-20(22-13-17-9-6-12-29-17)14-25(16-7-2-1-3-8-16)21(28)15-26-19-11-5-4-10-18(19)23-24-26/h1-5,7-8,10-11,17H,6,9,12-15H2,(H,22,27)/t17-/m1/s1. The number of fused-ring (bicyclic) bond motifs is 1. The van der Waals surface area contributed by atoms with Crippen LogP contribution in [-0.2, 0) is 20.9 Å². The molecule has 1 aliphatic rings. The number of rotatable bonds is 7. The molecule has 29 heavy (non-hydrogen) atoms. The van der Waals surface area contributed by atoms with Crippen LogP contribution in [0.5, 0.6) is 0 Å². The van der Waals surface area contributed by atoms with Crippen LogP contribution in [0.25, 0.3) is 11.0 Å². The Labute approximate surface area is 168 Å². The Morgan fingerprint density at radius 1 is 1.14 bits per heavy atom. The van der Waals surface area contributed by atoms with E-state index in [2.05, 4.69) is 15.6 Å². The van der Waals surface area contributed by atoms with E-state index in [9.17, 15) is 9.59 Å². The number of nitrogens with zero attached hydrogens (tertiary/aromatic N) is 4. The van der Waals surface area contributed by atoms with E-state index in [0.717, 1.165) is 30.5 Å². The van der Waals surface area contributed by atoms with Crippen LogP contribution in [0.1, 0.15) is 12.8 Å². The summed E-state index contributed by atoms with van der Waals surface area (Å²) in [5.41, 5.74) is 2.16. The van der Waals surface area contributed by atoms with Crippen LogP contribution >= 0.6 is 0 Å². The fourth-order valence-electron chi connectivity index (χ4n) is 3.41. The molecular weight excluding hydrogens is 370 g/mol. The number of carbonyl (C=O) groups excluding carboxylic acids is 2. The second kappa shape index (κ2) is 8.83. The van der Waals surface area contributed by atoms with Crippen LogP contribution < -0.4 is 10.2 Å². The number of benzene rings is 2. The number of nitrogens with one attached hydrogen (secondary N) is 1. The summed E-state index contributed by atoms with van der Waals surface area (Å²) in [6.45, 7) is 1.13. The van der Waals surface area contributed by atoms with Gasteiger partial charge < -0.3 is 15.0 Å². The molecule has 1 aliphatic heterocycles. The molecule has 1 saturated heterocycles. The normalized spacial score (nSPS) is 16.1. The van der Waals surface area contributed by atoms with E-state index >= 15 is 0 Å². The van der Waals surface area contributed by atoms with Crippen LogP contribution in [0.2, 0.25) is 0 Å². The Kier molecular flexibility index (Phi) is 5.81. The van der Waals surface area contributed by atoms with Gasteiger partial charge in [0.05, 0.1) is 11.6 Å². The molecule has 0 radical (unpaired) electrons. The monoisotopic (exact) mass is 393 g/mol. The minimum Gasteiger partial charge on any atom is -0.376 e. The van der Waals surface area contributed by atoms with Gasteiger partial charge in [0.15, 0.2) is 0 Å². The number of hydrogen-bond acceptors (Lipinski definition) is 5. The molecule has 2 heterocycles. The van der Waals surface area contributed by atoms with Crippen LogP contribution in [0.4, 0.5) is 5.69 Å². The van der Waals surface area contributed by atoms with E-state index in [-0.39, 0.29) is 31.0 Å². The molecule has 150 valence electrons. The molecule has 0 saturated carbocycles. The molecule has 0 spiro atoms. The summed E-state index contributed by atoms with van der Waals surface area (Å²) in [6, 6.07) is 16.6. The van der Waals surface area contributed by atoms with Crippen LogP contribution in [0.3, 0.4) is 0 Å². The zero-order valence-electron chi connectivity index (χ0n) is 16.0. The van der Waals surface area contributed by atoms with Gasteiger partial charge in [-0.3, -0.25) is 9.59 Å². The highest BCUT2D eigenvalue weighted by Crippen LogP contribution is 2.16. The van der Waals surface area contributed by atoms with Gasteiger partial charge in [-0.15, -0.1) is 5.10 Å². The van der Waals surface area contributed by atoms with Crippen LogP contribution in [0.15, 0.2) is 54.6 Å². The molecule has 4 rings (SSSR count). The van der Waals surface area contributed by atoms with Crippen molar-refractivity contribution in [2.45, 2.75) is 25.5 Å². The van der Waals surface area contributed by atoms with Crippen molar-refractivity contribution in [2.24, 2.45) is 0 Å². The lowest BCUT2D eigenvalue weighted by Crippen LogP contribution is -2.44. The fraction of sp³-hybridized carbons (Fsp3) is 0.333. The summed E-state index contributed by atoms with van der Waals surface area (Å²) < 4.78 is 7.09. The molecule has 2 aromatic carbocycles. The first kappa shape index (κ1) is 19.1. The van der Waals surface area contributed by atoms with Gasteiger partial charge in [-0.05, 0) is 37.1 Å². The Balaban J connectivity index is 1.47. The van der Waals surface area contributed by atoms with Crippen molar-refractivity contribution in [1.29, 1.82) is 0 Å². The number of anilines is 1. The van der Waals surface area contributed by atoms with Crippen molar-refractivity contribution in [3.05, 3.63) is 54.6 Å². The zero-order chi connectivity index (χ0) is 20.1. The predicted octanol–water partition coefficient (Wildman–Crippen LogP) is 1.76. The van der Waals surface area contributed by atoms with Gasteiger partial charge in [0.25, 0.3) is 0 Å². The van der Waals surface area contributed by atoms with Gasteiger partial charge >= 0.3 is 0 Å². The average molecular weight is 393 g/mol. The number of carbonyl (C=O) groups is 2. The smallest absolute Gasteiger partial charge is 0.249 e. The summed E-state index contributed by atoms with van der Waals surface area (Å²) in [6.07, 6.45) is 2.02. The first-order valence-corrected chi connectivity index (χ1v) is 9.72. The molecule has 1 atom stereocenters. The van der Waals surface area contributed by atoms with Gasteiger partial charge in [-0.25, -0.2) is 4.68 Å². The third-order valence-corrected chi connectivity index (χ3v) is 4.93. The molecule has 1 aromatic heterocycles. The maximum absolute atomic E-state index is 13.1. The Morgan fingerprint density at radius 3 is 2.72 bits per heavy atom. The highest BCUT2D eigenvalue weighted by Gasteiger charge is 2.22. The SMILES string of the molecule is O=C(CN(C(=O)Cn1nnc2ccccc21)c1ccccc1)NC[C@H]1CCCO1. The molecule has 2 amide bonds. The molecule has 3 aromatic rings. The summed E-state index contributed by atoms with van der Waals surface area (Å²) >= 11 is 0. The largest absolute Gasteiger partial charge is 0.376 e. The molecule has 0 aliphatic carbocycles. The molecule has 8 nitrogen and oxygen atoms in total. The molecular formula is C21H23N5O3. The quantitative estimate of drug-likeness (QED) is 0.661. The highest BCUT2D eigenvalue weighted by atomic mass is 16.5. The van der Waals surface area contributed by atoms with Crippen molar-refractivity contribution < 1.29 is 14.3 Å². The minimum absolute atomic E-state index is 0.00553. The predicted molar refractivity (Wildman–Crippen MR) is 108 cm³/mol. The third-order valence-electron chi connectivity index (χ3n) is 4.93. The van der Waals surface area contributed by atoms with Crippen LogP contribution in [0, 0.1) is 0 Å². The van der Waals surface area contributed by atoms with E-state index in [1.807, 2.05) is 54.6 Å². The molecule has 1 fully saturated rings. The first-order chi connectivity index (χ1) is 14.2. The summed E-state index contributed by atoms with van der Waals surface area (Å²) in [5, 5.41) is 11.0.